The van der Waals surface area contributed by atoms with Gasteiger partial charge < -0.3 is 5.11 Å². The van der Waals surface area contributed by atoms with Crippen LogP contribution in [0.1, 0.15) is 90.4 Å². The normalized spacial score (nSPS) is 12.5. The molecule has 0 aliphatic rings. The van der Waals surface area contributed by atoms with Crippen LogP contribution in [0, 0.1) is 0 Å². The lowest BCUT2D eigenvalue weighted by molar-refractivity contribution is -0.136. The Hall–Kier alpha value is -0.180. The molecule has 2 nitrogen and oxygen atoms in total. The first kappa shape index (κ1) is 18.8. The van der Waals surface area contributed by atoms with Gasteiger partial charge in [0.05, 0.1) is 5.25 Å². The van der Waals surface area contributed by atoms with Crippen LogP contribution in [-0.4, -0.2) is 16.3 Å². The van der Waals surface area contributed by atoms with Crippen LogP contribution in [0.5, 0.6) is 0 Å². The molecule has 0 aliphatic carbocycles. The van der Waals surface area contributed by atoms with Gasteiger partial charge in [0.15, 0.2) is 0 Å². The third-order valence-corrected chi connectivity index (χ3v) is 4.10. The molecule has 0 aliphatic heterocycles. The number of unbranched alkanes of at least 4 members (excludes halogenated alkanes) is 11. The molecule has 0 amide bonds. The van der Waals surface area contributed by atoms with Crippen LogP contribution in [-0.2, 0) is 4.79 Å². The fraction of sp³-hybridized carbons (Fsp3) is 0.938. The zero-order chi connectivity index (χ0) is 14.3. The fourth-order valence-corrected chi connectivity index (χ4v) is 2.48. The number of carbonyl (C=O) groups is 1. The molecule has 114 valence electrons. The molecule has 0 rings (SSSR count). The third kappa shape index (κ3) is 14.0. The Labute approximate surface area is 124 Å². The van der Waals surface area contributed by atoms with E-state index in [0.717, 1.165) is 12.8 Å². The van der Waals surface area contributed by atoms with E-state index in [1.54, 1.807) is 0 Å². The lowest BCUT2D eigenvalue weighted by Crippen LogP contribution is -2.12. The number of hydrogen-bond donors (Lipinski definition) is 2. The predicted molar refractivity (Wildman–Crippen MR) is 86.1 cm³/mol. The van der Waals surface area contributed by atoms with Crippen LogP contribution in [0.2, 0.25) is 0 Å². The van der Waals surface area contributed by atoms with Crippen molar-refractivity contribution in [3.8, 4) is 0 Å². The second kappa shape index (κ2) is 14.2. The van der Waals surface area contributed by atoms with Crippen LogP contribution in [0.25, 0.3) is 0 Å². The zero-order valence-electron chi connectivity index (χ0n) is 12.6. The molecule has 0 radical (unpaired) electrons. The topological polar surface area (TPSA) is 37.3 Å². The molecule has 0 heterocycles. The Morgan fingerprint density at radius 2 is 1.21 bits per heavy atom. The van der Waals surface area contributed by atoms with Crippen molar-refractivity contribution in [2.75, 3.05) is 0 Å². The molecule has 1 atom stereocenters. The molecule has 0 aromatic carbocycles. The van der Waals surface area contributed by atoms with Crippen LogP contribution >= 0.6 is 12.6 Å². The number of rotatable bonds is 14. The largest absolute Gasteiger partial charge is 0.480 e. The summed E-state index contributed by atoms with van der Waals surface area (Å²) in [6.07, 6.45) is 16.5. The number of carboxylic acid groups (broad SMARTS) is 1. The molecule has 0 bridgehead atoms. The molecule has 0 spiro atoms. The van der Waals surface area contributed by atoms with Gasteiger partial charge in [-0.3, -0.25) is 4.79 Å². The second-order valence-electron chi connectivity index (χ2n) is 5.53. The SMILES string of the molecule is CCCCCCCCCCCCCCC(S)C(=O)O. The lowest BCUT2D eigenvalue weighted by Gasteiger charge is -2.05. The summed E-state index contributed by atoms with van der Waals surface area (Å²) in [5, 5.41) is 8.21. The molecule has 19 heavy (non-hydrogen) atoms. The maximum absolute atomic E-state index is 10.6. The van der Waals surface area contributed by atoms with Crippen molar-refractivity contribution in [1.82, 2.24) is 0 Å². The maximum atomic E-state index is 10.6. The van der Waals surface area contributed by atoms with Gasteiger partial charge in [0, 0.05) is 0 Å². The van der Waals surface area contributed by atoms with Gasteiger partial charge in [-0.15, -0.1) is 0 Å². The van der Waals surface area contributed by atoms with E-state index in [1.807, 2.05) is 0 Å². The van der Waals surface area contributed by atoms with E-state index in [9.17, 15) is 4.79 Å². The molecule has 1 unspecified atom stereocenters. The van der Waals surface area contributed by atoms with E-state index in [1.165, 1.54) is 64.2 Å². The predicted octanol–water partition coefficient (Wildman–Crippen LogP) is 5.46. The maximum Gasteiger partial charge on any atom is 0.316 e. The number of carboxylic acids is 1. The van der Waals surface area contributed by atoms with Gasteiger partial charge in [0.2, 0.25) is 0 Å². The van der Waals surface area contributed by atoms with E-state index >= 15 is 0 Å². The molecular formula is C16H32O2S. The quantitative estimate of drug-likeness (QED) is 0.329. The van der Waals surface area contributed by atoms with E-state index in [4.69, 9.17) is 5.11 Å². The van der Waals surface area contributed by atoms with E-state index in [0.29, 0.717) is 6.42 Å². The monoisotopic (exact) mass is 288 g/mol. The highest BCUT2D eigenvalue weighted by molar-refractivity contribution is 7.81. The smallest absolute Gasteiger partial charge is 0.316 e. The molecule has 0 saturated heterocycles. The summed E-state index contributed by atoms with van der Waals surface area (Å²) in [5.74, 6) is -0.786. The molecule has 0 saturated carbocycles. The summed E-state index contributed by atoms with van der Waals surface area (Å²) in [4.78, 5) is 10.6. The Balaban J connectivity index is 3.05. The Bertz CT molecular complexity index is 207. The highest BCUT2D eigenvalue weighted by Gasteiger charge is 2.10. The first-order chi connectivity index (χ1) is 9.18. The average molecular weight is 288 g/mol. The number of aliphatic carboxylic acids is 1. The van der Waals surface area contributed by atoms with Crippen molar-refractivity contribution < 1.29 is 9.90 Å². The minimum absolute atomic E-state index is 0.469. The van der Waals surface area contributed by atoms with E-state index < -0.39 is 11.2 Å². The summed E-state index contributed by atoms with van der Waals surface area (Å²) in [6.45, 7) is 2.26. The molecule has 0 aromatic heterocycles. The Morgan fingerprint density at radius 1 is 0.842 bits per heavy atom. The molecule has 0 fully saturated rings. The number of thiol groups is 1. The van der Waals surface area contributed by atoms with Crippen molar-refractivity contribution in [3.05, 3.63) is 0 Å². The summed E-state index contributed by atoms with van der Waals surface area (Å²) in [7, 11) is 0. The van der Waals surface area contributed by atoms with Gasteiger partial charge >= 0.3 is 5.97 Å². The van der Waals surface area contributed by atoms with Gasteiger partial charge in [0.25, 0.3) is 0 Å². The van der Waals surface area contributed by atoms with Crippen LogP contribution in [0.15, 0.2) is 0 Å². The Kier molecular flexibility index (Phi) is 14.1. The minimum atomic E-state index is -0.786. The van der Waals surface area contributed by atoms with Crippen molar-refractivity contribution in [2.45, 2.75) is 95.6 Å². The molecule has 1 N–H and O–H groups in total. The lowest BCUT2D eigenvalue weighted by atomic mass is 10.0. The third-order valence-electron chi connectivity index (χ3n) is 3.62. The van der Waals surface area contributed by atoms with Gasteiger partial charge in [-0.05, 0) is 6.42 Å². The van der Waals surface area contributed by atoms with Crippen LogP contribution < -0.4 is 0 Å². The highest BCUT2D eigenvalue weighted by Crippen LogP contribution is 2.14. The van der Waals surface area contributed by atoms with Crippen molar-refractivity contribution >= 4 is 18.6 Å². The van der Waals surface area contributed by atoms with Gasteiger partial charge in [-0.25, -0.2) is 0 Å². The molecule has 3 heteroatoms. The second-order valence-corrected chi connectivity index (χ2v) is 6.16. The average Bonchev–Trinajstić information content (AvgIpc) is 2.39. The fourth-order valence-electron chi connectivity index (χ4n) is 2.30. The van der Waals surface area contributed by atoms with E-state index in [-0.39, 0.29) is 0 Å². The van der Waals surface area contributed by atoms with E-state index in [2.05, 4.69) is 19.6 Å². The van der Waals surface area contributed by atoms with Crippen LogP contribution in [0.4, 0.5) is 0 Å². The highest BCUT2D eigenvalue weighted by atomic mass is 32.1. The molecule has 0 aromatic rings. The zero-order valence-corrected chi connectivity index (χ0v) is 13.5. The summed E-state index contributed by atoms with van der Waals surface area (Å²) in [5.41, 5.74) is 0. The van der Waals surface area contributed by atoms with Gasteiger partial charge in [-0.2, -0.15) is 12.6 Å². The first-order valence-electron chi connectivity index (χ1n) is 8.09. The number of hydrogen-bond acceptors (Lipinski definition) is 2. The van der Waals surface area contributed by atoms with Crippen molar-refractivity contribution in [1.29, 1.82) is 0 Å². The standard InChI is InChI=1S/C16H32O2S/c1-2-3-4-5-6-7-8-9-10-11-12-13-14-15(19)16(17)18/h15,19H,2-14H2,1H3,(H,17,18). The minimum Gasteiger partial charge on any atom is -0.480 e. The summed E-state index contributed by atoms with van der Waals surface area (Å²) in [6, 6.07) is 0. The van der Waals surface area contributed by atoms with Crippen molar-refractivity contribution in [2.24, 2.45) is 0 Å². The summed E-state index contributed by atoms with van der Waals surface area (Å²) < 4.78 is 0. The van der Waals surface area contributed by atoms with Crippen LogP contribution in [0.3, 0.4) is 0 Å². The van der Waals surface area contributed by atoms with Crippen molar-refractivity contribution in [3.63, 3.8) is 0 Å². The molecular weight excluding hydrogens is 256 g/mol. The summed E-state index contributed by atoms with van der Waals surface area (Å²) >= 11 is 4.03. The first-order valence-corrected chi connectivity index (χ1v) is 8.61. The Morgan fingerprint density at radius 3 is 1.58 bits per heavy atom. The van der Waals surface area contributed by atoms with Gasteiger partial charge in [0.1, 0.15) is 0 Å². The van der Waals surface area contributed by atoms with Gasteiger partial charge in [-0.1, -0.05) is 84.0 Å².